The number of rotatable bonds is 3. The molecule has 1 aromatic carbocycles. The Kier molecular flexibility index (Phi) is 5.23. The Morgan fingerprint density at radius 2 is 1.58 bits per heavy atom. The molecule has 0 aliphatic heterocycles. The van der Waals surface area contributed by atoms with Crippen LogP contribution in [0.25, 0.3) is 0 Å². The Bertz CT molecular complexity index is 627. The fourth-order valence-corrected chi connectivity index (χ4v) is 3.79. The predicted octanol–water partition coefficient (Wildman–Crippen LogP) is 5.67. The van der Waals surface area contributed by atoms with Gasteiger partial charge < -0.3 is 0 Å². The van der Waals surface area contributed by atoms with Crippen molar-refractivity contribution in [3.63, 3.8) is 0 Å². The van der Waals surface area contributed by atoms with E-state index >= 15 is 0 Å². The number of nitriles is 2. The Balaban J connectivity index is 2.41. The van der Waals surface area contributed by atoms with Gasteiger partial charge in [-0.1, -0.05) is 38.8 Å². The van der Waals surface area contributed by atoms with Crippen LogP contribution in [-0.2, 0) is 6.18 Å². The molecule has 0 aromatic heterocycles. The van der Waals surface area contributed by atoms with Crippen LogP contribution >= 0.6 is 0 Å². The zero-order valence-corrected chi connectivity index (χ0v) is 13.9. The van der Waals surface area contributed by atoms with E-state index < -0.39 is 17.7 Å². The highest BCUT2D eigenvalue weighted by atomic mass is 19.4. The normalized spacial score (nSPS) is 25.8. The van der Waals surface area contributed by atoms with Crippen LogP contribution in [0.15, 0.2) is 24.3 Å². The van der Waals surface area contributed by atoms with Gasteiger partial charge in [0.1, 0.15) is 5.92 Å². The summed E-state index contributed by atoms with van der Waals surface area (Å²) in [6.07, 6.45) is -0.615. The van der Waals surface area contributed by atoms with E-state index in [-0.39, 0.29) is 11.3 Å². The van der Waals surface area contributed by atoms with E-state index in [1.54, 1.807) is 0 Å². The molecule has 2 nitrogen and oxygen atoms in total. The number of hydrogen-bond acceptors (Lipinski definition) is 2. The summed E-state index contributed by atoms with van der Waals surface area (Å²) in [5.41, 5.74) is -0.311. The lowest BCUT2D eigenvalue weighted by Crippen LogP contribution is -2.34. The van der Waals surface area contributed by atoms with Crippen LogP contribution in [0.2, 0.25) is 0 Å². The van der Waals surface area contributed by atoms with Gasteiger partial charge in [-0.25, -0.2) is 0 Å². The Labute approximate surface area is 140 Å². The van der Waals surface area contributed by atoms with Crippen LogP contribution in [0.1, 0.15) is 56.6 Å². The summed E-state index contributed by atoms with van der Waals surface area (Å²) in [5.74, 6) is -0.628. The summed E-state index contributed by atoms with van der Waals surface area (Å²) in [5, 5.41) is 18.8. The zero-order valence-electron chi connectivity index (χ0n) is 13.9. The van der Waals surface area contributed by atoms with Gasteiger partial charge in [0.15, 0.2) is 0 Å². The summed E-state index contributed by atoms with van der Waals surface area (Å²) in [4.78, 5) is 0. The van der Waals surface area contributed by atoms with E-state index in [0.29, 0.717) is 11.5 Å². The molecule has 1 aromatic rings. The smallest absolute Gasteiger partial charge is 0.197 e. The number of halogens is 3. The van der Waals surface area contributed by atoms with Crippen molar-refractivity contribution < 1.29 is 13.2 Å². The van der Waals surface area contributed by atoms with Crippen LogP contribution in [0, 0.1) is 39.9 Å². The molecule has 0 radical (unpaired) electrons. The first-order valence-corrected chi connectivity index (χ1v) is 8.17. The fourth-order valence-electron chi connectivity index (χ4n) is 3.79. The van der Waals surface area contributed by atoms with Gasteiger partial charge in [0, 0.05) is 5.92 Å². The lowest BCUT2D eigenvalue weighted by Gasteiger charge is -2.43. The molecule has 128 valence electrons. The quantitative estimate of drug-likeness (QED) is 0.715. The van der Waals surface area contributed by atoms with Gasteiger partial charge in [0.25, 0.3) is 0 Å². The average molecular weight is 334 g/mol. The third kappa shape index (κ3) is 3.73. The van der Waals surface area contributed by atoms with E-state index in [9.17, 15) is 23.7 Å². The van der Waals surface area contributed by atoms with Gasteiger partial charge in [-0.2, -0.15) is 23.7 Å². The van der Waals surface area contributed by atoms with Gasteiger partial charge in [-0.3, -0.25) is 0 Å². The molecular weight excluding hydrogens is 313 g/mol. The maximum atomic E-state index is 12.8. The monoisotopic (exact) mass is 334 g/mol. The van der Waals surface area contributed by atoms with Crippen molar-refractivity contribution in [1.29, 1.82) is 10.5 Å². The summed E-state index contributed by atoms with van der Waals surface area (Å²) >= 11 is 0. The van der Waals surface area contributed by atoms with E-state index in [4.69, 9.17) is 0 Å². The second kappa shape index (κ2) is 6.85. The number of nitrogens with zero attached hydrogens (tertiary/aromatic N) is 2. The highest BCUT2D eigenvalue weighted by Crippen LogP contribution is 2.51. The molecule has 1 fully saturated rings. The standard InChI is InChI=1S/C19H21F3N2/c1-13-7-9-18(2,10-8-13)17(15(11-23)12-24)14-3-5-16(6-4-14)19(20,21)22/h3-6,13,15,17H,7-10H2,1-2H3. The van der Waals surface area contributed by atoms with Crippen LogP contribution < -0.4 is 0 Å². The topological polar surface area (TPSA) is 47.6 Å². The van der Waals surface area contributed by atoms with Crippen molar-refractivity contribution in [2.24, 2.45) is 17.3 Å². The van der Waals surface area contributed by atoms with Gasteiger partial charge in [0.2, 0.25) is 0 Å². The number of benzene rings is 1. The molecule has 1 unspecified atom stereocenters. The van der Waals surface area contributed by atoms with Crippen molar-refractivity contribution >= 4 is 0 Å². The third-order valence-electron chi connectivity index (χ3n) is 5.38. The molecule has 0 N–H and O–H groups in total. The fraction of sp³-hybridized carbons (Fsp3) is 0.579. The molecule has 1 atom stereocenters. The van der Waals surface area contributed by atoms with Gasteiger partial charge in [-0.05, 0) is 41.9 Å². The van der Waals surface area contributed by atoms with Gasteiger partial charge >= 0.3 is 6.18 Å². The van der Waals surface area contributed by atoms with Gasteiger partial charge in [-0.15, -0.1) is 0 Å². The summed E-state index contributed by atoms with van der Waals surface area (Å²) in [6, 6.07) is 9.04. The maximum absolute atomic E-state index is 12.8. The second-order valence-electron chi connectivity index (χ2n) is 7.17. The molecule has 1 aliphatic carbocycles. The average Bonchev–Trinajstić information content (AvgIpc) is 2.54. The number of hydrogen-bond donors (Lipinski definition) is 0. The van der Waals surface area contributed by atoms with Crippen LogP contribution in [0.5, 0.6) is 0 Å². The van der Waals surface area contributed by atoms with Crippen molar-refractivity contribution in [1.82, 2.24) is 0 Å². The first-order valence-electron chi connectivity index (χ1n) is 8.17. The molecule has 0 amide bonds. The van der Waals surface area contributed by atoms with Crippen molar-refractivity contribution in [3.8, 4) is 12.1 Å². The van der Waals surface area contributed by atoms with Gasteiger partial charge in [0.05, 0.1) is 17.7 Å². The molecular formula is C19H21F3N2. The minimum Gasteiger partial charge on any atom is -0.197 e. The maximum Gasteiger partial charge on any atom is 0.416 e. The number of alkyl halides is 3. The van der Waals surface area contributed by atoms with Crippen molar-refractivity contribution in [2.45, 2.75) is 51.6 Å². The molecule has 1 saturated carbocycles. The first-order chi connectivity index (χ1) is 11.2. The first kappa shape index (κ1) is 18.3. The largest absolute Gasteiger partial charge is 0.416 e. The zero-order chi connectivity index (χ0) is 18.0. The lowest BCUT2D eigenvalue weighted by molar-refractivity contribution is -0.137. The van der Waals surface area contributed by atoms with Crippen LogP contribution in [0.3, 0.4) is 0 Å². The predicted molar refractivity (Wildman–Crippen MR) is 84.6 cm³/mol. The SMILES string of the molecule is CC1CCC(C)(C(c2ccc(C(F)(F)F)cc2)C(C#N)C#N)CC1. The van der Waals surface area contributed by atoms with Crippen molar-refractivity contribution in [2.75, 3.05) is 0 Å². The second-order valence-corrected chi connectivity index (χ2v) is 7.17. The Morgan fingerprint density at radius 3 is 2.00 bits per heavy atom. The molecule has 1 aliphatic rings. The Morgan fingerprint density at radius 1 is 1.08 bits per heavy atom. The molecule has 24 heavy (non-hydrogen) atoms. The van der Waals surface area contributed by atoms with E-state index in [0.717, 1.165) is 37.8 Å². The van der Waals surface area contributed by atoms with Crippen LogP contribution in [0.4, 0.5) is 13.2 Å². The molecule has 5 heteroatoms. The minimum atomic E-state index is -4.39. The summed E-state index contributed by atoms with van der Waals surface area (Å²) in [6.45, 7) is 4.24. The van der Waals surface area contributed by atoms with E-state index in [1.807, 2.05) is 12.1 Å². The molecule has 0 bridgehead atoms. The Hall–Kier alpha value is -2.01. The lowest BCUT2D eigenvalue weighted by atomic mass is 9.60. The van der Waals surface area contributed by atoms with Crippen LogP contribution in [-0.4, -0.2) is 0 Å². The minimum absolute atomic E-state index is 0.248. The van der Waals surface area contributed by atoms with E-state index in [1.165, 1.54) is 12.1 Å². The molecule has 0 saturated heterocycles. The highest BCUT2D eigenvalue weighted by Gasteiger charge is 2.42. The van der Waals surface area contributed by atoms with Crippen molar-refractivity contribution in [3.05, 3.63) is 35.4 Å². The molecule has 0 heterocycles. The molecule has 0 spiro atoms. The summed E-state index contributed by atoms with van der Waals surface area (Å²) in [7, 11) is 0. The molecule has 2 rings (SSSR count). The summed E-state index contributed by atoms with van der Waals surface area (Å²) < 4.78 is 38.3. The van der Waals surface area contributed by atoms with E-state index in [2.05, 4.69) is 13.8 Å². The highest BCUT2D eigenvalue weighted by molar-refractivity contribution is 5.32. The third-order valence-corrected chi connectivity index (χ3v) is 5.38.